The summed E-state index contributed by atoms with van der Waals surface area (Å²) >= 11 is 0. The van der Waals surface area contributed by atoms with Gasteiger partial charge in [0.2, 0.25) is 5.95 Å². The van der Waals surface area contributed by atoms with Crippen LogP contribution in [-0.2, 0) is 12.7 Å². The average Bonchev–Trinajstić information content (AvgIpc) is 3.41. The lowest BCUT2D eigenvalue weighted by molar-refractivity contribution is -0.141. The van der Waals surface area contributed by atoms with Crippen molar-refractivity contribution in [1.82, 2.24) is 29.7 Å². The van der Waals surface area contributed by atoms with Crippen molar-refractivity contribution in [3.63, 3.8) is 0 Å². The predicted molar refractivity (Wildman–Crippen MR) is 104 cm³/mol. The van der Waals surface area contributed by atoms with Gasteiger partial charge in [-0.25, -0.2) is 33.4 Å². The third-order valence-electron chi connectivity index (χ3n) is 5.98. The maximum absolute atomic E-state index is 12.9. The molecule has 8 nitrogen and oxygen atoms in total. The molecule has 3 atom stereocenters. The molecule has 0 bridgehead atoms. The van der Waals surface area contributed by atoms with Gasteiger partial charge in [0.25, 0.3) is 6.43 Å². The van der Waals surface area contributed by atoms with Gasteiger partial charge in [-0.1, -0.05) is 0 Å². The molecule has 1 aliphatic heterocycles. The molecule has 32 heavy (non-hydrogen) atoms. The van der Waals surface area contributed by atoms with Gasteiger partial charge >= 0.3 is 6.18 Å². The highest BCUT2D eigenvalue weighted by molar-refractivity contribution is 5.71. The SMILES string of the molecule is FC(F)Cn1ncc2ncc(N[C@H]3C[C@@H]4CN(c5nccc(C(F)(F)F)n5)C[C@@H]4C3)nc21. The van der Waals surface area contributed by atoms with Gasteiger partial charge < -0.3 is 10.2 Å². The van der Waals surface area contributed by atoms with Crippen molar-refractivity contribution in [2.75, 3.05) is 23.3 Å². The van der Waals surface area contributed by atoms with Gasteiger partial charge in [0.05, 0.1) is 12.4 Å². The van der Waals surface area contributed by atoms with Gasteiger partial charge in [0.15, 0.2) is 5.65 Å². The highest BCUT2D eigenvalue weighted by Crippen LogP contribution is 2.40. The first kappa shape index (κ1) is 20.8. The van der Waals surface area contributed by atoms with Crippen LogP contribution in [0.5, 0.6) is 0 Å². The van der Waals surface area contributed by atoms with Crippen molar-refractivity contribution in [1.29, 1.82) is 0 Å². The minimum Gasteiger partial charge on any atom is -0.366 e. The zero-order chi connectivity index (χ0) is 22.5. The van der Waals surface area contributed by atoms with E-state index in [0.29, 0.717) is 30.1 Å². The fraction of sp³-hybridized carbons (Fsp3) is 0.526. The minimum absolute atomic E-state index is 0.0994. The van der Waals surface area contributed by atoms with E-state index in [0.717, 1.165) is 29.8 Å². The lowest BCUT2D eigenvalue weighted by atomic mass is 10.0. The van der Waals surface area contributed by atoms with Crippen LogP contribution in [0.1, 0.15) is 18.5 Å². The topological polar surface area (TPSA) is 84.7 Å². The molecule has 13 heteroatoms. The van der Waals surface area contributed by atoms with Crippen LogP contribution < -0.4 is 10.2 Å². The minimum atomic E-state index is -4.50. The zero-order valence-corrected chi connectivity index (χ0v) is 16.7. The number of hydrogen-bond acceptors (Lipinski definition) is 7. The molecule has 3 aromatic heterocycles. The van der Waals surface area contributed by atoms with E-state index < -0.39 is 24.8 Å². The molecule has 0 unspecified atom stereocenters. The Morgan fingerprint density at radius 1 is 1.06 bits per heavy atom. The molecule has 0 aromatic carbocycles. The smallest absolute Gasteiger partial charge is 0.366 e. The van der Waals surface area contributed by atoms with Crippen molar-refractivity contribution in [3.05, 3.63) is 30.4 Å². The largest absolute Gasteiger partial charge is 0.433 e. The standard InChI is InChI=1S/C19H19F5N8/c20-15(21)9-32-17-13(5-27-32)26-6-16(30-17)28-12-3-10-7-31(8-11(10)4-12)18-25-2-1-14(29-18)19(22,23)24/h1-2,5-6,10-12,15H,3-4,7-9H2,(H,28,30)/t10-,11+,12+. The van der Waals surface area contributed by atoms with Crippen molar-refractivity contribution >= 4 is 22.9 Å². The quantitative estimate of drug-likeness (QED) is 0.593. The summed E-state index contributed by atoms with van der Waals surface area (Å²) in [4.78, 5) is 18.1. The lowest BCUT2D eigenvalue weighted by Gasteiger charge is -2.20. The van der Waals surface area contributed by atoms with Gasteiger partial charge in [0.1, 0.15) is 23.6 Å². The van der Waals surface area contributed by atoms with Gasteiger partial charge in [-0.2, -0.15) is 18.3 Å². The van der Waals surface area contributed by atoms with Gasteiger partial charge in [-0.05, 0) is 30.7 Å². The first-order valence-corrected chi connectivity index (χ1v) is 10.1. The fourth-order valence-electron chi connectivity index (χ4n) is 4.63. The maximum atomic E-state index is 12.9. The highest BCUT2D eigenvalue weighted by Gasteiger charge is 2.42. The summed E-state index contributed by atoms with van der Waals surface area (Å²) < 4.78 is 65.4. The summed E-state index contributed by atoms with van der Waals surface area (Å²) in [6, 6.07) is 0.971. The number of rotatable bonds is 5. The fourth-order valence-corrected chi connectivity index (χ4v) is 4.63. The van der Waals surface area contributed by atoms with Gasteiger partial charge in [0, 0.05) is 25.3 Å². The molecular weight excluding hydrogens is 435 g/mol. The number of fused-ring (bicyclic) bond motifs is 2. The van der Waals surface area contributed by atoms with Crippen LogP contribution in [0.25, 0.3) is 11.2 Å². The Hall–Kier alpha value is -3.12. The molecule has 0 spiro atoms. The van der Waals surface area contributed by atoms with Crippen LogP contribution in [0.4, 0.5) is 33.7 Å². The number of anilines is 2. The Labute approximate surface area is 178 Å². The Morgan fingerprint density at radius 2 is 1.81 bits per heavy atom. The summed E-state index contributed by atoms with van der Waals surface area (Å²) in [5, 5.41) is 7.22. The molecular formula is C19H19F5N8. The monoisotopic (exact) mass is 454 g/mol. The summed E-state index contributed by atoms with van der Waals surface area (Å²) in [5.74, 6) is 1.15. The van der Waals surface area contributed by atoms with Crippen molar-refractivity contribution in [2.24, 2.45) is 11.8 Å². The molecule has 1 N–H and O–H groups in total. The molecule has 3 aromatic rings. The highest BCUT2D eigenvalue weighted by atomic mass is 19.4. The molecule has 0 amide bonds. The van der Waals surface area contributed by atoms with Crippen LogP contribution in [0.2, 0.25) is 0 Å². The van der Waals surface area contributed by atoms with Gasteiger partial charge in [-0.15, -0.1) is 0 Å². The Kier molecular flexibility index (Phi) is 5.05. The van der Waals surface area contributed by atoms with Crippen molar-refractivity contribution in [2.45, 2.75) is 38.0 Å². The summed E-state index contributed by atoms with van der Waals surface area (Å²) in [7, 11) is 0. The van der Waals surface area contributed by atoms with Crippen LogP contribution in [-0.4, -0.2) is 55.3 Å². The molecule has 1 saturated carbocycles. The number of aromatic nitrogens is 6. The van der Waals surface area contributed by atoms with E-state index in [1.807, 2.05) is 0 Å². The lowest BCUT2D eigenvalue weighted by Crippen LogP contribution is -2.27. The summed E-state index contributed by atoms with van der Waals surface area (Å²) in [6.45, 7) is 0.606. The van der Waals surface area contributed by atoms with Crippen LogP contribution in [0.15, 0.2) is 24.7 Å². The Morgan fingerprint density at radius 3 is 2.50 bits per heavy atom. The first-order valence-electron chi connectivity index (χ1n) is 10.1. The second kappa shape index (κ2) is 7.78. The molecule has 170 valence electrons. The number of nitrogens with zero attached hydrogens (tertiary/aromatic N) is 7. The van der Waals surface area contributed by atoms with Crippen molar-refractivity contribution < 1.29 is 22.0 Å². The van der Waals surface area contributed by atoms with Crippen molar-refractivity contribution in [3.8, 4) is 0 Å². The predicted octanol–water partition coefficient (Wildman–Crippen LogP) is 3.23. The molecule has 1 aliphatic carbocycles. The van der Waals surface area contributed by atoms with E-state index >= 15 is 0 Å². The molecule has 4 heterocycles. The van der Waals surface area contributed by atoms with Gasteiger partial charge in [-0.3, -0.25) is 0 Å². The number of alkyl halides is 5. The number of hydrogen-bond donors (Lipinski definition) is 1. The van der Waals surface area contributed by atoms with E-state index in [1.54, 1.807) is 11.1 Å². The van der Waals surface area contributed by atoms with E-state index in [9.17, 15) is 22.0 Å². The van der Waals surface area contributed by atoms with E-state index in [1.165, 1.54) is 6.20 Å². The number of nitrogens with one attached hydrogen (secondary N) is 1. The molecule has 0 radical (unpaired) electrons. The second-order valence-electron chi connectivity index (χ2n) is 8.16. The molecule has 1 saturated heterocycles. The van der Waals surface area contributed by atoms with Crippen LogP contribution >= 0.6 is 0 Å². The van der Waals surface area contributed by atoms with E-state index in [2.05, 4.69) is 30.4 Å². The summed E-state index contributed by atoms with van der Waals surface area (Å²) in [5.41, 5.74) is -0.211. The average molecular weight is 454 g/mol. The van der Waals surface area contributed by atoms with E-state index in [4.69, 9.17) is 0 Å². The normalized spacial score (nSPS) is 23.3. The van der Waals surface area contributed by atoms with Crippen LogP contribution in [0.3, 0.4) is 0 Å². The molecule has 2 aliphatic rings. The third-order valence-corrected chi connectivity index (χ3v) is 5.98. The first-order chi connectivity index (χ1) is 15.3. The Balaban J connectivity index is 1.23. The van der Waals surface area contributed by atoms with E-state index in [-0.39, 0.29) is 23.8 Å². The maximum Gasteiger partial charge on any atom is 0.433 e. The number of halogens is 5. The summed E-state index contributed by atoms with van der Waals surface area (Å²) in [6.07, 6.45) is -1.36. The second-order valence-corrected chi connectivity index (χ2v) is 8.16. The molecule has 2 fully saturated rings. The third kappa shape index (κ3) is 4.02. The molecule has 5 rings (SSSR count). The zero-order valence-electron chi connectivity index (χ0n) is 16.7. The Bertz CT molecular complexity index is 1100. The van der Waals surface area contributed by atoms with Crippen LogP contribution in [0, 0.1) is 11.8 Å².